The Kier molecular flexibility index (Phi) is 57.4. The van der Waals surface area contributed by atoms with E-state index < -0.39 is 17.7 Å². The minimum absolute atomic E-state index is 0. The Hall–Kier alpha value is 2.70. The predicted molar refractivity (Wildman–Crippen MR) is 58.7 cm³/mol. The van der Waals surface area contributed by atoms with Crippen molar-refractivity contribution in [1.29, 1.82) is 0 Å². The number of aliphatic hydroxyl groups is 1. The Morgan fingerprint density at radius 3 is 1.42 bits per heavy atom. The van der Waals surface area contributed by atoms with Gasteiger partial charge in [0, 0.05) is 6.92 Å². The standard InChI is InChI=1S/C2H4O2S.C2H4O2.ClH.2Sr.4H/c3-1-2(4)5;1-2(3)4;;;;;;;/h3H,1H2,(H,4,5);1H3,(H,3,4);1H;;;;;;. The number of hydrogen-bond acceptors (Lipinski definition) is 3. The van der Waals surface area contributed by atoms with Crippen LogP contribution in [0.25, 0.3) is 0 Å². The first-order valence-electron chi connectivity index (χ1n) is 2.03. The topological polar surface area (TPSA) is 74.6 Å². The van der Waals surface area contributed by atoms with Crippen LogP contribution in [0.2, 0.25) is 0 Å². The van der Waals surface area contributed by atoms with Crippen LogP contribution in [0.15, 0.2) is 0 Å². The Morgan fingerprint density at radius 1 is 1.33 bits per heavy atom. The van der Waals surface area contributed by atoms with Gasteiger partial charge in [-0.15, -0.1) is 25.0 Å². The monoisotopic (exact) mass is 368 g/mol. The van der Waals surface area contributed by atoms with Crippen molar-refractivity contribution in [3.63, 3.8) is 0 Å². The molecule has 0 aliphatic rings. The minimum atomic E-state index is -0.833. The van der Waals surface area contributed by atoms with Crippen LogP contribution in [0, 0.1) is 0 Å². The summed E-state index contributed by atoms with van der Waals surface area (Å²) in [5.41, 5.74) is 0. The Morgan fingerprint density at radius 2 is 1.42 bits per heavy atom. The van der Waals surface area contributed by atoms with Gasteiger partial charge >= 0.3 is 91.0 Å². The fourth-order valence-electron chi connectivity index (χ4n) is 0. The van der Waals surface area contributed by atoms with Gasteiger partial charge in [-0.25, -0.2) is 0 Å². The van der Waals surface area contributed by atoms with Crippen LogP contribution in [0.4, 0.5) is 0 Å². The maximum atomic E-state index is 9.43. The summed E-state index contributed by atoms with van der Waals surface area (Å²) in [7, 11) is 0. The third-order valence-electron chi connectivity index (χ3n) is 0.135. The van der Waals surface area contributed by atoms with Gasteiger partial charge < -0.3 is 10.2 Å². The summed E-state index contributed by atoms with van der Waals surface area (Å²) < 4.78 is 0. The van der Waals surface area contributed by atoms with Crippen molar-refractivity contribution >= 4 is 127 Å². The molecule has 0 heterocycles. The van der Waals surface area contributed by atoms with Gasteiger partial charge in [-0.05, 0) is 0 Å². The Bertz CT molecular complexity index is 109. The molecule has 0 atom stereocenters. The molecule has 0 amide bonds. The average molecular weight is 368 g/mol. The second-order valence-electron chi connectivity index (χ2n) is 1.07. The fourth-order valence-corrected chi connectivity index (χ4v) is 0. The number of carbonyl (C=O) groups is 2. The number of thiol groups is 1. The molecular formula is C4H13ClO4SSr2. The second kappa shape index (κ2) is 23.5. The van der Waals surface area contributed by atoms with Crippen molar-refractivity contribution in [2.75, 3.05) is 6.61 Å². The molecule has 0 aliphatic carbocycles. The van der Waals surface area contributed by atoms with Gasteiger partial charge in [-0.3, -0.25) is 9.59 Å². The first kappa shape index (κ1) is 29.3. The van der Waals surface area contributed by atoms with Gasteiger partial charge in [0.1, 0.15) is 6.61 Å². The molecule has 0 aliphatic heterocycles. The van der Waals surface area contributed by atoms with E-state index in [2.05, 4.69) is 12.6 Å². The number of aliphatic carboxylic acids is 1. The van der Waals surface area contributed by atoms with Crippen LogP contribution >= 0.6 is 25.0 Å². The molecule has 0 spiro atoms. The summed E-state index contributed by atoms with van der Waals surface area (Å²) in [4.78, 5) is 18.4. The zero-order valence-electron chi connectivity index (χ0n) is 5.27. The molecule has 0 unspecified atom stereocenters. The summed E-state index contributed by atoms with van der Waals surface area (Å²) in [6, 6.07) is 0. The second-order valence-corrected chi connectivity index (χ2v) is 1.57. The van der Waals surface area contributed by atoms with E-state index >= 15 is 0 Å². The molecule has 70 valence electrons. The molecule has 12 heavy (non-hydrogen) atoms. The molecule has 0 aromatic rings. The normalized spacial score (nSPS) is 5.25. The van der Waals surface area contributed by atoms with Gasteiger partial charge in [-0.1, -0.05) is 0 Å². The molecule has 0 aromatic carbocycles. The molecule has 0 bridgehead atoms. The van der Waals surface area contributed by atoms with Crippen LogP contribution in [0.1, 0.15) is 6.92 Å². The quantitative estimate of drug-likeness (QED) is 0.374. The van der Waals surface area contributed by atoms with E-state index in [1.54, 1.807) is 0 Å². The summed E-state index contributed by atoms with van der Waals surface area (Å²) in [5, 5.41) is 14.6. The third-order valence-corrected chi connectivity index (χ3v) is 0.277. The van der Waals surface area contributed by atoms with E-state index in [1.165, 1.54) is 0 Å². The molecular weight excluding hydrogens is 355 g/mol. The summed E-state index contributed by atoms with van der Waals surface area (Å²) in [5.74, 6) is -0.833. The van der Waals surface area contributed by atoms with E-state index in [-0.39, 0.29) is 103 Å². The molecule has 0 aromatic heterocycles. The molecule has 2 N–H and O–H groups in total. The van der Waals surface area contributed by atoms with Gasteiger partial charge in [0.05, 0.1) is 0 Å². The van der Waals surface area contributed by atoms with Crippen LogP contribution in [-0.4, -0.2) is 119 Å². The van der Waals surface area contributed by atoms with Crippen molar-refractivity contribution < 1.29 is 19.8 Å². The third kappa shape index (κ3) is 78.7. The number of hydrogen-bond donors (Lipinski definition) is 3. The molecule has 8 heteroatoms. The molecule has 4 nitrogen and oxygen atoms in total. The van der Waals surface area contributed by atoms with E-state index in [0.29, 0.717) is 0 Å². The average Bonchev–Trinajstić information content (AvgIpc) is 1.65. The van der Waals surface area contributed by atoms with E-state index in [4.69, 9.17) is 15.0 Å². The van der Waals surface area contributed by atoms with Gasteiger partial charge in [0.25, 0.3) is 5.97 Å². The number of carbonyl (C=O) groups excluding carboxylic acids is 1. The maximum absolute atomic E-state index is 9.43. The van der Waals surface area contributed by atoms with Crippen LogP contribution < -0.4 is 0 Å². The van der Waals surface area contributed by atoms with Crippen molar-refractivity contribution in [2.45, 2.75) is 6.92 Å². The summed E-state index contributed by atoms with van der Waals surface area (Å²) >= 11 is 3.21. The molecule has 0 fully saturated rings. The molecule has 0 radical (unpaired) electrons. The van der Waals surface area contributed by atoms with E-state index in [1.807, 2.05) is 0 Å². The predicted octanol–water partition coefficient (Wildman–Crippen LogP) is -1.88. The first-order chi connectivity index (χ1) is 4.00. The number of rotatable bonds is 1. The number of carboxylic acid groups (broad SMARTS) is 1. The van der Waals surface area contributed by atoms with Gasteiger partial charge in [-0.2, -0.15) is 0 Å². The van der Waals surface area contributed by atoms with Crippen LogP contribution in [-0.2, 0) is 9.59 Å². The fraction of sp³-hybridized carbons (Fsp3) is 0.500. The van der Waals surface area contributed by atoms with E-state index in [9.17, 15) is 4.79 Å². The first-order valence-corrected chi connectivity index (χ1v) is 2.47. The zero-order valence-corrected chi connectivity index (χ0v) is 6.98. The van der Waals surface area contributed by atoms with Crippen molar-refractivity contribution in [3.8, 4) is 0 Å². The zero-order chi connectivity index (χ0) is 7.86. The summed E-state index contributed by atoms with van der Waals surface area (Å²) in [6.45, 7) is 0.614. The summed E-state index contributed by atoms with van der Waals surface area (Å²) in [6.07, 6.45) is 0. The Labute approximate surface area is 157 Å². The van der Waals surface area contributed by atoms with Crippen molar-refractivity contribution in [1.82, 2.24) is 0 Å². The number of aliphatic hydroxyl groups excluding tert-OH is 1. The van der Waals surface area contributed by atoms with Crippen LogP contribution in [0.3, 0.4) is 0 Å². The van der Waals surface area contributed by atoms with Crippen LogP contribution in [0.5, 0.6) is 0 Å². The number of halogens is 1. The number of carboxylic acids is 1. The molecule has 0 saturated carbocycles. The van der Waals surface area contributed by atoms with Gasteiger partial charge in [0.15, 0.2) is 0 Å². The van der Waals surface area contributed by atoms with Crippen molar-refractivity contribution in [2.24, 2.45) is 0 Å². The van der Waals surface area contributed by atoms with Gasteiger partial charge in [0.2, 0.25) is 5.12 Å². The SMILES string of the molecule is CC(=O)O.Cl.O=C(S)CO.[SrH2].[SrH2]. The van der Waals surface area contributed by atoms with E-state index in [0.717, 1.165) is 6.92 Å². The Balaban J connectivity index is -0.0000000221. The van der Waals surface area contributed by atoms with Crippen molar-refractivity contribution in [3.05, 3.63) is 0 Å². The molecule has 0 saturated heterocycles. The molecule has 0 rings (SSSR count).